The molecule has 0 N–H and O–H groups in total. The van der Waals surface area contributed by atoms with Crippen molar-refractivity contribution >= 4 is 11.6 Å². The van der Waals surface area contributed by atoms with Gasteiger partial charge in [0.2, 0.25) is 0 Å². The molecule has 0 atom stereocenters. The third kappa shape index (κ3) is 5.64. The maximum Gasteiger partial charge on any atom is 0.163 e. The molecule has 0 spiro atoms. The van der Waals surface area contributed by atoms with Gasteiger partial charge < -0.3 is 19.3 Å². The van der Waals surface area contributed by atoms with Gasteiger partial charge in [0.1, 0.15) is 29.7 Å². The molecule has 0 amide bonds. The average molecular weight is 529 g/mol. The number of benzene rings is 2. The number of aromatic nitrogens is 2. The van der Waals surface area contributed by atoms with E-state index in [1.807, 2.05) is 18.2 Å². The Labute approximate surface area is 232 Å². The fourth-order valence-electron chi connectivity index (χ4n) is 5.82. The van der Waals surface area contributed by atoms with Crippen molar-refractivity contribution in [3.05, 3.63) is 64.1 Å². The van der Waals surface area contributed by atoms with E-state index in [1.165, 1.54) is 11.3 Å². The Bertz CT molecular complexity index is 1410. The molecule has 39 heavy (non-hydrogen) atoms. The standard InChI is InChI=1S/C32H40N4O3/c1-20-14-23(22-8-9-28(38-7)25(16-22)21(2)37)15-24-18-36(12-13-39-30(20)24)31-26-17-32(3,4)11-10-27(26)33-29(34-31)19-35(5)6/h8-9,14-16H,10-13,17-19H2,1-7H3. The van der Waals surface area contributed by atoms with Crippen LogP contribution in [0.15, 0.2) is 30.3 Å². The van der Waals surface area contributed by atoms with E-state index in [0.717, 1.165) is 65.5 Å². The topological polar surface area (TPSA) is 67.8 Å². The monoisotopic (exact) mass is 528 g/mol. The Morgan fingerprint density at radius 2 is 1.95 bits per heavy atom. The molecule has 2 aliphatic rings. The van der Waals surface area contributed by atoms with E-state index in [2.05, 4.69) is 56.8 Å². The molecule has 7 nitrogen and oxygen atoms in total. The number of carbonyl (C=O) groups excluding carboxylic acids is 1. The minimum atomic E-state index is -0.0142. The number of hydrogen-bond acceptors (Lipinski definition) is 7. The van der Waals surface area contributed by atoms with Crippen LogP contribution in [0.3, 0.4) is 0 Å². The first-order valence-corrected chi connectivity index (χ1v) is 13.8. The Kier molecular flexibility index (Phi) is 7.38. The molecule has 0 fully saturated rings. The smallest absolute Gasteiger partial charge is 0.163 e. The number of methoxy groups -OCH3 is 1. The molecule has 2 heterocycles. The highest BCUT2D eigenvalue weighted by atomic mass is 16.5. The summed E-state index contributed by atoms with van der Waals surface area (Å²) in [6.45, 7) is 11.1. The zero-order valence-corrected chi connectivity index (χ0v) is 24.4. The summed E-state index contributed by atoms with van der Waals surface area (Å²) < 4.78 is 11.8. The van der Waals surface area contributed by atoms with Crippen molar-refractivity contribution in [2.24, 2.45) is 5.41 Å². The number of nitrogens with zero attached hydrogens (tertiary/aromatic N) is 4. The number of ketones is 1. The van der Waals surface area contributed by atoms with Crippen LogP contribution in [0.4, 0.5) is 5.82 Å². The fourth-order valence-corrected chi connectivity index (χ4v) is 5.82. The minimum Gasteiger partial charge on any atom is -0.496 e. The summed E-state index contributed by atoms with van der Waals surface area (Å²) in [7, 11) is 5.71. The van der Waals surface area contributed by atoms with Gasteiger partial charge in [0.05, 0.1) is 25.8 Å². The summed E-state index contributed by atoms with van der Waals surface area (Å²) in [5.74, 6) is 3.45. The molecule has 0 saturated carbocycles. The Hall–Kier alpha value is -3.45. The van der Waals surface area contributed by atoms with Gasteiger partial charge in [-0.15, -0.1) is 0 Å². The van der Waals surface area contributed by atoms with Crippen LogP contribution in [0.5, 0.6) is 11.5 Å². The van der Waals surface area contributed by atoms with Crippen LogP contribution in [0.2, 0.25) is 0 Å². The normalized spacial score (nSPS) is 16.3. The third-order valence-electron chi connectivity index (χ3n) is 7.80. The molecule has 5 rings (SSSR count). The lowest BCUT2D eigenvalue weighted by Gasteiger charge is -2.34. The number of hydrogen-bond donors (Lipinski definition) is 0. The number of fused-ring (bicyclic) bond motifs is 2. The lowest BCUT2D eigenvalue weighted by Crippen LogP contribution is -2.32. The second kappa shape index (κ2) is 10.6. The van der Waals surface area contributed by atoms with Gasteiger partial charge in [-0.25, -0.2) is 9.97 Å². The molecule has 1 aliphatic carbocycles. The lowest BCUT2D eigenvalue weighted by atomic mass is 9.76. The van der Waals surface area contributed by atoms with Crippen molar-refractivity contribution in [1.29, 1.82) is 0 Å². The first-order valence-electron chi connectivity index (χ1n) is 13.8. The molecule has 1 aliphatic heterocycles. The predicted octanol–water partition coefficient (Wildman–Crippen LogP) is 5.64. The summed E-state index contributed by atoms with van der Waals surface area (Å²) in [6, 6.07) is 10.2. The van der Waals surface area contributed by atoms with Gasteiger partial charge in [-0.05, 0) is 93.6 Å². The van der Waals surface area contributed by atoms with E-state index in [-0.39, 0.29) is 11.2 Å². The van der Waals surface area contributed by atoms with Gasteiger partial charge in [0.15, 0.2) is 5.78 Å². The molecule has 7 heteroatoms. The number of ether oxygens (including phenoxy) is 2. The highest BCUT2D eigenvalue weighted by molar-refractivity contribution is 5.98. The summed E-state index contributed by atoms with van der Waals surface area (Å²) in [4.78, 5) is 26.9. The van der Waals surface area contributed by atoms with Crippen LogP contribution in [-0.2, 0) is 25.9 Å². The third-order valence-corrected chi connectivity index (χ3v) is 7.80. The average Bonchev–Trinajstić information content (AvgIpc) is 3.10. The number of rotatable bonds is 6. The molecule has 2 aromatic carbocycles. The van der Waals surface area contributed by atoms with E-state index >= 15 is 0 Å². The van der Waals surface area contributed by atoms with Crippen LogP contribution in [0, 0.1) is 12.3 Å². The van der Waals surface area contributed by atoms with E-state index in [4.69, 9.17) is 19.4 Å². The van der Waals surface area contributed by atoms with Crippen LogP contribution in [0.1, 0.15) is 65.8 Å². The maximum absolute atomic E-state index is 12.3. The second-order valence-corrected chi connectivity index (χ2v) is 12.0. The predicted molar refractivity (Wildman–Crippen MR) is 155 cm³/mol. The molecule has 0 radical (unpaired) electrons. The Balaban J connectivity index is 1.57. The Morgan fingerprint density at radius 1 is 1.15 bits per heavy atom. The van der Waals surface area contributed by atoms with Crippen LogP contribution >= 0.6 is 0 Å². The Morgan fingerprint density at radius 3 is 2.67 bits per heavy atom. The van der Waals surface area contributed by atoms with Crippen molar-refractivity contribution in [3.8, 4) is 22.6 Å². The molecule has 3 aromatic rings. The van der Waals surface area contributed by atoms with Crippen LogP contribution in [0.25, 0.3) is 11.1 Å². The quantitative estimate of drug-likeness (QED) is 0.384. The zero-order chi connectivity index (χ0) is 27.9. The molecule has 0 bridgehead atoms. The van der Waals surface area contributed by atoms with E-state index in [9.17, 15) is 4.79 Å². The van der Waals surface area contributed by atoms with Crippen molar-refractivity contribution in [2.75, 3.05) is 39.3 Å². The van der Waals surface area contributed by atoms with Crippen LogP contribution < -0.4 is 14.4 Å². The van der Waals surface area contributed by atoms with Gasteiger partial charge in [0, 0.05) is 23.4 Å². The van der Waals surface area contributed by atoms with Crippen molar-refractivity contribution in [3.63, 3.8) is 0 Å². The molecule has 1 aromatic heterocycles. The molecule has 0 unspecified atom stereocenters. The van der Waals surface area contributed by atoms with Crippen molar-refractivity contribution in [1.82, 2.24) is 14.9 Å². The number of carbonyl (C=O) groups is 1. The highest BCUT2D eigenvalue weighted by Gasteiger charge is 2.32. The minimum absolute atomic E-state index is 0.0142. The van der Waals surface area contributed by atoms with E-state index < -0.39 is 0 Å². The first kappa shape index (κ1) is 27.1. The molecule has 206 valence electrons. The summed E-state index contributed by atoms with van der Waals surface area (Å²) in [5, 5.41) is 0. The highest BCUT2D eigenvalue weighted by Crippen LogP contribution is 2.40. The second-order valence-electron chi connectivity index (χ2n) is 12.0. The molecule has 0 saturated heterocycles. The summed E-state index contributed by atoms with van der Waals surface area (Å²) >= 11 is 0. The largest absolute Gasteiger partial charge is 0.496 e. The first-order chi connectivity index (χ1) is 18.5. The van der Waals surface area contributed by atoms with Gasteiger partial charge in [-0.1, -0.05) is 19.9 Å². The lowest BCUT2D eigenvalue weighted by molar-refractivity contribution is 0.101. The fraction of sp³-hybridized carbons (Fsp3) is 0.469. The maximum atomic E-state index is 12.3. The zero-order valence-electron chi connectivity index (χ0n) is 24.4. The van der Waals surface area contributed by atoms with E-state index in [0.29, 0.717) is 31.0 Å². The van der Waals surface area contributed by atoms with Crippen LogP contribution in [-0.4, -0.2) is 55.0 Å². The summed E-state index contributed by atoms with van der Waals surface area (Å²) in [6.07, 6.45) is 3.09. The van der Waals surface area contributed by atoms with Crippen molar-refractivity contribution < 1.29 is 14.3 Å². The van der Waals surface area contributed by atoms with E-state index in [1.54, 1.807) is 14.0 Å². The number of anilines is 1. The van der Waals surface area contributed by atoms with Gasteiger partial charge >= 0.3 is 0 Å². The molecular formula is C32H40N4O3. The summed E-state index contributed by atoms with van der Waals surface area (Å²) in [5.41, 5.74) is 7.54. The molecular weight excluding hydrogens is 488 g/mol. The SMILES string of the molecule is COc1ccc(-c2cc(C)c3c(c2)CN(c2nc(CN(C)C)nc4c2CC(C)(C)CC4)CCO3)cc1C(C)=O. The van der Waals surface area contributed by atoms with Gasteiger partial charge in [-0.2, -0.15) is 0 Å². The van der Waals surface area contributed by atoms with Crippen molar-refractivity contribution in [2.45, 2.75) is 60.0 Å². The number of Topliss-reactive ketones (excluding diaryl/α,β-unsaturated/α-hetero) is 1. The number of aryl methyl sites for hydroxylation is 2. The van der Waals surface area contributed by atoms with Gasteiger partial charge in [0.25, 0.3) is 0 Å². The van der Waals surface area contributed by atoms with Gasteiger partial charge in [-0.3, -0.25) is 4.79 Å².